The van der Waals surface area contributed by atoms with E-state index < -0.39 is 0 Å². The van der Waals surface area contributed by atoms with E-state index in [2.05, 4.69) is 28.1 Å². The molecule has 0 fully saturated rings. The van der Waals surface area contributed by atoms with Crippen molar-refractivity contribution in [2.45, 2.75) is 19.8 Å². The molecule has 0 atom stereocenters. The molecule has 0 unspecified atom stereocenters. The maximum atomic E-state index is 7.62. The minimum Gasteiger partial charge on any atom is -0.356 e. The highest BCUT2D eigenvalue weighted by atomic mass is 15.2. The van der Waals surface area contributed by atoms with E-state index in [1.807, 2.05) is 25.1 Å². The second-order valence-corrected chi connectivity index (χ2v) is 3.96. The standard InChI is InChI=1S/C13H21N5/c1-2-9-16-12(14)18-13(15)17-10-8-11-6-4-3-5-7-11/h3-7H,2,8-10H2,1H3,(H5,14,15,16,17,18). The molecule has 1 aromatic rings. The van der Waals surface area contributed by atoms with Gasteiger partial charge in [-0.25, -0.2) is 0 Å². The van der Waals surface area contributed by atoms with Crippen molar-refractivity contribution < 1.29 is 0 Å². The molecule has 0 radical (unpaired) electrons. The maximum Gasteiger partial charge on any atom is 0.195 e. The first-order chi connectivity index (χ1) is 8.72. The summed E-state index contributed by atoms with van der Waals surface area (Å²) in [6.45, 7) is 3.45. The number of guanidine groups is 2. The van der Waals surface area contributed by atoms with Gasteiger partial charge in [0, 0.05) is 13.1 Å². The Morgan fingerprint density at radius 2 is 1.61 bits per heavy atom. The third-order valence-corrected chi connectivity index (χ3v) is 2.36. The lowest BCUT2D eigenvalue weighted by molar-refractivity contribution is 0.802. The van der Waals surface area contributed by atoms with Crippen molar-refractivity contribution in [1.29, 1.82) is 10.8 Å². The molecule has 0 spiro atoms. The fraction of sp³-hybridized carbons (Fsp3) is 0.385. The Balaban J connectivity index is 2.15. The van der Waals surface area contributed by atoms with Crippen LogP contribution in [0.2, 0.25) is 0 Å². The Morgan fingerprint density at radius 1 is 1.00 bits per heavy atom. The maximum absolute atomic E-state index is 7.62. The molecule has 0 saturated heterocycles. The quantitative estimate of drug-likeness (QED) is 0.401. The van der Waals surface area contributed by atoms with Crippen LogP contribution in [0.4, 0.5) is 0 Å². The molecule has 98 valence electrons. The molecule has 5 nitrogen and oxygen atoms in total. The van der Waals surface area contributed by atoms with Crippen LogP contribution < -0.4 is 16.0 Å². The fourth-order valence-corrected chi connectivity index (χ4v) is 1.44. The van der Waals surface area contributed by atoms with Gasteiger partial charge >= 0.3 is 0 Å². The summed E-state index contributed by atoms with van der Waals surface area (Å²) in [5.41, 5.74) is 1.23. The number of nitrogens with one attached hydrogen (secondary N) is 5. The van der Waals surface area contributed by atoms with E-state index >= 15 is 0 Å². The zero-order valence-corrected chi connectivity index (χ0v) is 10.7. The molecule has 0 heterocycles. The van der Waals surface area contributed by atoms with Crippen molar-refractivity contribution >= 4 is 11.9 Å². The van der Waals surface area contributed by atoms with E-state index in [1.165, 1.54) is 5.56 Å². The van der Waals surface area contributed by atoms with Crippen LogP contribution in [0.1, 0.15) is 18.9 Å². The van der Waals surface area contributed by atoms with Crippen LogP contribution in [0.5, 0.6) is 0 Å². The lowest BCUT2D eigenvalue weighted by Gasteiger charge is -2.12. The lowest BCUT2D eigenvalue weighted by atomic mass is 10.1. The van der Waals surface area contributed by atoms with E-state index in [1.54, 1.807) is 0 Å². The van der Waals surface area contributed by atoms with Gasteiger partial charge in [0.25, 0.3) is 0 Å². The smallest absolute Gasteiger partial charge is 0.195 e. The molecule has 0 aliphatic carbocycles. The van der Waals surface area contributed by atoms with Crippen LogP contribution in [-0.2, 0) is 6.42 Å². The molecule has 0 bridgehead atoms. The topological polar surface area (TPSA) is 83.8 Å². The second kappa shape index (κ2) is 8.11. The molecule has 1 aromatic carbocycles. The van der Waals surface area contributed by atoms with E-state index in [9.17, 15) is 0 Å². The highest BCUT2D eigenvalue weighted by Gasteiger charge is 1.99. The van der Waals surface area contributed by atoms with Crippen molar-refractivity contribution in [1.82, 2.24) is 16.0 Å². The zero-order valence-electron chi connectivity index (χ0n) is 10.7. The number of hydrogen-bond donors (Lipinski definition) is 5. The van der Waals surface area contributed by atoms with Crippen LogP contribution >= 0.6 is 0 Å². The third-order valence-electron chi connectivity index (χ3n) is 2.36. The largest absolute Gasteiger partial charge is 0.356 e. The Hall–Kier alpha value is -2.04. The number of benzene rings is 1. The van der Waals surface area contributed by atoms with Crippen molar-refractivity contribution in [2.24, 2.45) is 0 Å². The van der Waals surface area contributed by atoms with Gasteiger partial charge in [0.1, 0.15) is 0 Å². The normalized spacial score (nSPS) is 9.61. The first-order valence-electron chi connectivity index (χ1n) is 6.18. The molecule has 5 N–H and O–H groups in total. The van der Waals surface area contributed by atoms with Crippen molar-refractivity contribution in [2.75, 3.05) is 13.1 Å². The summed E-state index contributed by atoms with van der Waals surface area (Å²) in [5, 5.41) is 23.6. The van der Waals surface area contributed by atoms with Gasteiger partial charge in [-0.15, -0.1) is 0 Å². The van der Waals surface area contributed by atoms with Crippen LogP contribution in [0.25, 0.3) is 0 Å². The van der Waals surface area contributed by atoms with Crippen molar-refractivity contribution in [3.8, 4) is 0 Å². The molecule has 0 saturated carbocycles. The molecule has 5 heteroatoms. The zero-order chi connectivity index (χ0) is 13.2. The summed E-state index contributed by atoms with van der Waals surface area (Å²) in [4.78, 5) is 0. The molecule has 1 rings (SSSR count). The van der Waals surface area contributed by atoms with Gasteiger partial charge in [-0.3, -0.25) is 16.1 Å². The van der Waals surface area contributed by atoms with E-state index in [0.29, 0.717) is 6.54 Å². The van der Waals surface area contributed by atoms with Gasteiger partial charge in [-0.1, -0.05) is 37.3 Å². The highest BCUT2D eigenvalue weighted by Crippen LogP contribution is 1.97. The molecular weight excluding hydrogens is 226 g/mol. The third kappa shape index (κ3) is 5.89. The highest BCUT2D eigenvalue weighted by molar-refractivity contribution is 5.95. The minimum absolute atomic E-state index is 0.152. The Labute approximate surface area is 108 Å². The average Bonchev–Trinajstić information content (AvgIpc) is 2.37. The predicted molar refractivity (Wildman–Crippen MR) is 75.0 cm³/mol. The summed E-state index contributed by atoms with van der Waals surface area (Å²) in [6, 6.07) is 10.1. The lowest BCUT2D eigenvalue weighted by Crippen LogP contribution is -2.46. The van der Waals surface area contributed by atoms with Crippen LogP contribution in [0, 0.1) is 10.8 Å². The Kier molecular flexibility index (Phi) is 6.32. The van der Waals surface area contributed by atoms with Crippen LogP contribution in [0.15, 0.2) is 30.3 Å². The van der Waals surface area contributed by atoms with Gasteiger partial charge in [0.15, 0.2) is 11.9 Å². The minimum atomic E-state index is 0.152. The molecule has 0 aromatic heterocycles. The number of rotatable bonds is 5. The predicted octanol–water partition coefficient (Wildman–Crippen LogP) is 1.28. The van der Waals surface area contributed by atoms with Gasteiger partial charge in [-0.2, -0.15) is 0 Å². The molecule has 18 heavy (non-hydrogen) atoms. The molecule has 0 aliphatic heterocycles. The first-order valence-corrected chi connectivity index (χ1v) is 6.18. The average molecular weight is 247 g/mol. The van der Waals surface area contributed by atoms with Gasteiger partial charge in [0.2, 0.25) is 0 Å². The monoisotopic (exact) mass is 247 g/mol. The van der Waals surface area contributed by atoms with E-state index in [4.69, 9.17) is 10.8 Å². The van der Waals surface area contributed by atoms with E-state index in [-0.39, 0.29) is 11.9 Å². The summed E-state index contributed by atoms with van der Waals surface area (Å²) < 4.78 is 0. The molecule has 0 amide bonds. The number of hydrogen-bond acceptors (Lipinski definition) is 2. The summed E-state index contributed by atoms with van der Waals surface area (Å²) in [7, 11) is 0. The fourth-order valence-electron chi connectivity index (χ4n) is 1.44. The summed E-state index contributed by atoms with van der Waals surface area (Å²) in [5.74, 6) is 0.314. The van der Waals surface area contributed by atoms with Gasteiger partial charge < -0.3 is 10.6 Å². The van der Waals surface area contributed by atoms with Crippen LogP contribution in [0.3, 0.4) is 0 Å². The van der Waals surface area contributed by atoms with Crippen molar-refractivity contribution in [3.05, 3.63) is 35.9 Å². The SMILES string of the molecule is CCCNC(=N)NC(=N)NCCc1ccccc1. The molecule has 0 aliphatic rings. The van der Waals surface area contributed by atoms with E-state index in [0.717, 1.165) is 19.4 Å². The summed E-state index contributed by atoms with van der Waals surface area (Å²) in [6.07, 6.45) is 1.82. The summed E-state index contributed by atoms with van der Waals surface area (Å²) >= 11 is 0. The molecular formula is C13H21N5. The van der Waals surface area contributed by atoms with Crippen molar-refractivity contribution in [3.63, 3.8) is 0 Å². The van der Waals surface area contributed by atoms with Gasteiger partial charge in [-0.05, 0) is 18.4 Å². The van der Waals surface area contributed by atoms with Gasteiger partial charge in [0.05, 0.1) is 0 Å². The first kappa shape index (κ1) is 14.0. The van der Waals surface area contributed by atoms with Crippen LogP contribution in [-0.4, -0.2) is 25.0 Å². The second-order valence-electron chi connectivity index (χ2n) is 3.96. The Bertz CT molecular complexity index is 374. The Morgan fingerprint density at radius 3 is 2.22 bits per heavy atom.